The highest BCUT2D eigenvalue weighted by molar-refractivity contribution is 5.83. The molecule has 0 aliphatic heterocycles. The van der Waals surface area contributed by atoms with E-state index in [1.807, 2.05) is 60.7 Å². The number of hydrogen-bond acceptors (Lipinski definition) is 2. The lowest BCUT2D eigenvalue weighted by Crippen LogP contribution is -1.89. The molecule has 2 aromatic heterocycles. The van der Waals surface area contributed by atoms with E-state index in [4.69, 9.17) is 0 Å². The third-order valence-corrected chi connectivity index (χ3v) is 3.28. The number of para-hydroxylation sites is 2. The Morgan fingerprint density at radius 2 is 1.05 bits per heavy atom. The van der Waals surface area contributed by atoms with Crippen molar-refractivity contribution in [3.63, 3.8) is 0 Å². The molecular formula is C18H10N2. The Balaban J connectivity index is 1.91. The molecule has 0 unspecified atom stereocenters. The van der Waals surface area contributed by atoms with Crippen LogP contribution in [0.3, 0.4) is 0 Å². The monoisotopic (exact) mass is 254 g/mol. The van der Waals surface area contributed by atoms with E-state index in [0.717, 1.165) is 33.2 Å². The Kier molecular flexibility index (Phi) is 2.46. The topological polar surface area (TPSA) is 25.8 Å². The fourth-order valence-corrected chi connectivity index (χ4v) is 2.27. The second kappa shape index (κ2) is 4.42. The summed E-state index contributed by atoms with van der Waals surface area (Å²) in [7, 11) is 0. The zero-order valence-electron chi connectivity index (χ0n) is 10.7. The summed E-state index contributed by atoms with van der Waals surface area (Å²) < 4.78 is 0. The van der Waals surface area contributed by atoms with Crippen LogP contribution in [-0.2, 0) is 0 Å². The van der Waals surface area contributed by atoms with E-state index in [1.54, 1.807) is 0 Å². The lowest BCUT2D eigenvalue weighted by Gasteiger charge is -2.03. The molecule has 2 aromatic carbocycles. The summed E-state index contributed by atoms with van der Waals surface area (Å²) in [6.07, 6.45) is 0. The first-order valence-corrected chi connectivity index (χ1v) is 6.45. The molecule has 4 rings (SSSR count). The quantitative estimate of drug-likeness (QED) is 0.512. The highest BCUT2D eigenvalue weighted by Gasteiger charge is 2.04. The number of rotatable bonds is 1. The molecule has 0 saturated heterocycles. The van der Waals surface area contributed by atoms with Crippen LogP contribution in [0.4, 0.5) is 0 Å². The van der Waals surface area contributed by atoms with E-state index in [9.17, 15) is 0 Å². The molecule has 0 spiro atoms. The summed E-state index contributed by atoms with van der Waals surface area (Å²) in [6.45, 7) is 0. The average Bonchev–Trinajstić information content (AvgIpc) is 2.54. The van der Waals surface area contributed by atoms with Crippen LogP contribution in [0.25, 0.3) is 33.2 Å². The minimum Gasteiger partial charge on any atom is -0.246 e. The lowest BCUT2D eigenvalue weighted by molar-refractivity contribution is 1.32. The predicted octanol–water partition coefficient (Wildman–Crippen LogP) is 4.05. The summed E-state index contributed by atoms with van der Waals surface area (Å²) in [5, 5.41) is 2.03. The zero-order valence-corrected chi connectivity index (χ0v) is 10.7. The SMILES string of the molecule is [c]1cc(-c2c[c]c3ccccc3n2)nc2ccccc12. The largest absolute Gasteiger partial charge is 0.246 e. The van der Waals surface area contributed by atoms with Crippen LogP contribution in [0, 0.1) is 12.1 Å². The molecule has 0 aliphatic carbocycles. The van der Waals surface area contributed by atoms with Gasteiger partial charge in [-0.05, 0) is 36.4 Å². The second-order valence-electron chi connectivity index (χ2n) is 4.61. The summed E-state index contributed by atoms with van der Waals surface area (Å²) in [5.41, 5.74) is 3.51. The minimum atomic E-state index is 0.825. The van der Waals surface area contributed by atoms with Gasteiger partial charge in [-0.25, -0.2) is 9.97 Å². The third-order valence-electron chi connectivity index (χ3n) is 3.28. The van der Waals surface area contributed by atoms with E-state index >= 15 is 0 Å². The molecule has 0 saturated carbocycles. The maximum absolute atomic E-state index is 4.64. The van der Waals surface area contributed by atoms with Crippen LogP contribution in [0.1, 0.15) is 0 Å². The van der Waals surface area contributed by atoms with Crippen LogP contribution in [0.2, 0.25) is 0 Å². The van der Waals surface area contributed by atoms with Gasteiger partial charge in [-0.2, -0.15) is 0 Å². The molecule has 2 nitrogen and oxygen atoms in total. The van der Waals surface area contributed by atoms with Crippen molar-refractivity contribution in [1.82, 2.24) is 9.97 Å². The maximum atomic E-state index is 4.64. The molecular weight excluding hydrogens is 244 g/mol. The van der Waals surface area contributed by atoms with Crippen molar-refractivity contribution in [2.24, 2.45) is 0 Å². The molecule has 2 heterocycles. The molecule has 20 heavy (non-hydrogen) atoms. The number of hydrogen-bond donors (Lipinski definition) is 0. The van der Waals surface area contributed by atoms with E-state index < -0.39 is 0 Å². The van der Waals surface area contributed by atoms with Gasteiger partial charge in [0.1, 0.15) is 0 Å². The normalized spacial score (nSPS) is 11.0. The summed E-state index contributed by atoms with van der Waals surface area (Å²) in [6, 6.07) is 26.2. The summed E-state index contributed by atoms with van der Waals surface area (Å²) >= 11 is 0. The van der Waals surface area contributed by atoms with Gasteiger partial charge < -0.3 is 0 Å². The van der Waals surface area contributed by atoms with Gasteiger partial charge in [0.15, 0.2) is 0 Å². The maximum Gasteiger partial charge on any atom is 0.0900 e. The lowest BCUT2D eigenvalue weighted by atomic mass is 10.1. The Hall–Kier alpha value is -2.74. The number of nitrogens with zero attached hydrogens (tertiary/aromatic N) is 2. The molecule has 2 radical (unpaired) electrons. The van der Waals surface area contributed by atoms with Gasteiger partial charge in [-0.15, -0.1) is 0 Å². The van der Waals surface area contributed by atoms with Gasteiger partial charge in [-0.3, -0.25) is 0 Å². The standard InChI is InChI=1S/C18H10N2/c1-3-7-15-13(5-1)9-11-17(19-15)18-12-10-14-6-2-4-8-16(14)20-18/h1-8,11-12H. The Morgan fingerprint density at radius 1 is 0.600 bits per heavy atom. The molecule has 2 heteroatoms. The van der Waals surface area contributed by atoms with Crippen molar-refractivity contribution in [2.75, 3.05) is 0 Å². The van der Waals surface area contributed by atoms with Gasteiger partial charge in [0.2, 0.25) is 0 Å². The van der Waals surface area contributed by atoms with Gasteiger partial charge in [0, 0.05) is 10.8 Å². The van der Waals surface area contributed by atoms with Gasteiger partial charge >= 0.3 is 0 Å². The number of aromatic nitrogens is 2. The van der Waals surface area contributed by atoms with Crippen LogP contribution >= 0.6 is 0 Å². The van der Waals surface area contributed by atoms with Crippen molar-refractivity contribution in [1.29, 1.82) is 0 Å². The first kappa shape index (κ1) is 11.1. The van der Waals surface area contributed by atoms with Gasteiger partial charge in [0.05, 0.1) is 22.4 Å². The molecule has 0 N–H and O–H groups in total. The summed E-state index contributed by atoms with van der Waals surface area (Å²) in [4.78, 5) is 9.28. The van der Waals surface area contributed by atoms with Crippen LogP contribution < -0.4 is 0 Å². The van der Waals surface area contributed by atoms with Crippen molar-refractivity contribution in [3.05, 3.63) is 72.8 Å². The highest BCUT2D eigenvalue weighted by atomic mass is 14.8. The third kappa shape index (κ3) is 1.82. The first-order valence-electron chi connectivity index (χ1n) is 6.45. The number of pyridine rings is 2. The Labute approximate surface area is 116 Å². The highest BCUT2D eigenvalue weighted by Crippen LogP contribution is 2.21. The van der Waals surface area contributed by atoms with Crippen molar-refractivity contribution >= 4 is 21.8 Å². The second-order valence-corrected chi connectivity index (χ2v) is 4.61. The van der Waals surface area contributed by atoms with Crippen LogP contribution in [-0.4, -0.2) is 9.97 Å². The van der Waals surface area contributed by atoms with E-state index in [-0.39, 0.29) is 0 Å². The van der Waals surface area contributed by atoms with Gasteiger partial charge in [0.25, 0.3) is 0 Å². The van der Waals surface area contributed by atoms with E-state index in [0.29, 0.717) is 0 Å². The molecule has 0 bridgehead atoms. The van der Waals surface area contributed by atoms with Crippen molar-refractivity contribution in [2.45, 2.75) is 0 Å². The molecule has 0 atom stereocenters. The Morgan fingerprint density at radius 3 is 1.55 bits per heavy atom. The van der Waals surface area contributed by atoms with Gasteiger partial charge in [-0.1, -0.05) is 36.4 Å². The zero-order chi connectivity index (χ0) is 13.4. The molecule has 92 valence electrons. The molecule has 4 aromatic rings. The van der Waals surface area contributed by atoms with Crippen LogP contribution in [0.5, 0.6) is 0 Å². The molecule has 0 aliphatic rings. The smallest absolute Gasteiger partial charge is 0.0900 e. The molecule has 0 amide bonds. The van der Waals surface area contributed by atoms with Crippen molar-refractivity contribution in [3.8, 4) is 11.4 Å². The minimum absolute atomic E-state index is 0.825. The first-order chi connectivity index (χ1) is 9.90. The van der Waals surface area contributed by atoms with E-state index in [2.05, 4.69) is 22.1 Å². The fourth-order valence-electron chi connectivity index (χ4n) is 2.27. The van der Waals surface area contributed by atoms with Crippen molar-refractivity contribution < 1.29 is 0 Å². The average molecular weight is 254 g/mol. The van der Waals surface area contributed by atoms with E-state index in [1.165, 1.54) is 0 Å². The number of benzene rings is 2. The Bertz CT molecular complexity index is 836. The summed E-state index contributed by atoms with van der Waals surface area (Å²) in [5.74, 6) is 0. The van der Waals surface area contributed by atoms with Crippen LogP contribution in [0.15, 0.2) is 60.7 Å². The fraction of sp³-hybridized carbons (Fsp3) is 0. The number of fused-ring (bicyclic) bond motifs is 2. The predicted molar refractivity (Wildman–Crippen MR) is 80.2 cm³/mol. The molecule has 0 fully saturated rings.